The normalized spacial score (nSPS) is 9.74. The van der Waals surface area contributed by atoms with Crippen molar-refractivity contribution in [1.29, 1.82) is 5.26 Å². The number of hydrogen-bond acceptors (Lipinski definition) is 4. The average Bonchev–Trinajstić information content (AvgIpc) is 2.46. The highest BCUT2D eigenvalue weighted by atomic mass is 127. The first-order chi connectivity index (χ1) is 9.22. The standard InChI is InChI=1S/C14H11IN2O2/c1-18-12-5-2-10(3-6-12)9-19-13-7-4-11(8-16)14(15)17-13/h2-7H,9H2,1H3. The van der Waals surface area contributed by atoms with Crippen LogP contribution in [0, 0.1) is 15.0 Å². The first kappa shape index (κ1) is 13.6. The van der Waals surface area contributed by atoms with E-state index in [-0.39, 0.29) is 0 Å². The van der Waals surface area contributed by atoms with Crippen molar-refractivity contribution in [1.82, 2.24) is 4.98 Å². The summed E-state index contributed by atoms with van der Waals surface area (Å²) in [6, 6.07) is 13.1. The number of nitriles is 1. The zero-order valence-corrected chi connectivity index (χ0v) is 12.4. The second kappa shape index (κ2) is 6.38. The molecule has 19 heavy (non-hydrogen) atoms. The molecule has 4 nitrogen and oxygen atoms in total. The van der Waals surface area contributed by atoms with E-state index in [0.717, 1.165) is 11.3 Å². The van der Waals surface area contributed by atoms with Crippen LogP contribution in [0.2, 0.25) is 0 Å². The molecule has 0 saturated carbocycles. The van der Waals surface area contributed by atoms with Gasteiger partial charge in [-0.3, -0.25) is 0 Å². The van der Waals surface area contributed by atoms with Gasteiger partial charge in [0.05, 0.1) is 12.7 Å². The van der Waals surface area contributed by atoms with Crippen LogP contribution in [0.1, 0.15) is 11.1 Å². The van der Waals surface area contributed by atoms with Crippen LogP contribution >= 0.6 is 22.6 Å². The molecule has 0 unspecified atom stereocenters. The number of aromatic nitrogens is 1. The summed E-state index contributed by atoms with van der Waals surface area (Å²) < 4.78 is 11.3. The molecule has 0 spiro atoms. The second-order valence-corrected chi connectivity index (χ2v) is 4.76. The molecule has 0 aliphatic rings. The van der Waals surface area contributed by atoms with E-state index in [1.54, 1.807) is 19.2 Å². The van der Waals surface area contributed by atoms with Crippen molar-refractivity contribution in [2.24, 2.45) is 0 Å². The van der Waals surface area contributed by atoms with Gasteiger partial charge in [0.2, 0.25) is 5.88 Å². The van der Waals surface area contributed by atoms with E-state index in [0.29, 0.717) is 21.8 Å². The Kier molecular flexibility index (Phi) is 4.58. The van der Waals surface area contributed by atoms with E-state index in [1.807, 2.05) is 46.9 Å². The number of rotatable bonds is 4. The molecular formula is C14H11IN2O2. The van der Waals surface area contributed by atoms with Crippen molar-refractivity contribution >= 4 is 22.6 Å². The Morgan fingerprint density at radius 2 is 1.95 bits per heavy atom. The molecule has 0 saturated heterocycles. The van der Waals surface area contributed by atoms with Gasteiger partial charge in [0.1, 0.15) is 22.1 Å². The molecule has 0 radical (unpaired) electrons. The Bertz CT molecular complexity index is 606. The molecule has 2 aromatic rings. The largest absolute Gasteiger partial charge is 0.497 e. The lowest BCUT2D eigenvalue weighted by Gasteiger charge is -2.07. The number of ether oxygens (including phenoxy) is 2. The molecule has 1 aromatic carbocycles. The Morgan fingerprint density at radius 3 is 2.53 bits per heavy atom. The summed E-state index contributed by atoms with van der Waals surface area (Å²) in [5.74, 6) is 1.33. The maximum Gasteiger partial charge on any atom is 0.214 e. The number of hydrogen-bond donors (Lipinski definition) is 0. The van der Waals surface area contributed by atoms with E-state index in [4.69, 9.17) is 14.7 Å². The summed E-state index contributed by atoms with van der Waals surface area (Å²) in [6.07, 6.45) is 0. The fourth-order valence-electron chi connectivity index (χ4n) is 1.46. The van der Waals surface area contributed by atoms with Crippen LogP contribution in [-0.4, -0.2) is 12.1 Å². The van der Waals surface area contributed by atoms with E-state index in [9.17, 15) is 0 Å². The molecule has 0 fully saturated rings. The number of benzene rings is 1. The zero-order valence-electron chi connectivity index (χ0n) is 10.3. The van der Waals surface area contributed by atoms with Crippen LogP contribution in [-0.2, 0) is 6.61 Å². The smallest absolute Gasteiger partial charge is 0.214 e. The zero-order chi connectivity index (χ0) is 13.7. The van der Waals surface area contributed by atoms with Crippen LogP contribution in [0.25, 0.3) is 0 Å². The van der Waals surface area contributed by atoms with Gasteiger partial charge in [-0.15, -0.1) is 0 Å². The Labute approximate surface area is 125 Å². The SMILES string of the molecule is COc1ccc(COc2ccc(C#N)c(I)n2)cc1. The van der Waals surface area contributed by atoms with Crippen LogP contribution in [0.3, 0.4) is 0 Å². The number of halogens is 1. The number of methoxy groups -OCH3 is 1. The lowest BCUT2D eigenvalue weighted by molar-refractivity contribution is 0.293. The summed E-state index contributed by atoms with van der Waals surface area (Å²) >= 11 is 2.02. The maximum atomic E-state index is 8.82. The molecule has 2 rings (SSSR count). The fourth-order valence-corrected chi connectivity index (χ4v) is 2.00. The average molecular weight is 366 g/mol. The van der Waals surface area contributed by atoms with E-state index >= 15 is 0 Å². The van der Waals surface area contributed by atoms with Gasteiger partial charge in [0, 0.05) is 6.07 Å². The molecular weight excluding hydrogens is 355 g/mol. The van der Waals surface area contributed by atoms with Crippen molar-refractivity contribution in [2.45, 2.75) is 6.61 Å². The van der Waals surface area contributed by atoms with Crippen molar-refractivity contribution in [2.75, 3.05) is 7.11 Å². The minimum atomic E-state index is 0.430. The lowest BCUT2D eigenvalue weighted by Crippen LogP contribution is -1.99. The predicted molar refractivity (Wildman–Crippen MR) is 79.0 cm³/mol. The van der Waals surface area contributed by atoms with Crippen molar-refractivity contribution in [3.05, 3.63) is 51.2 Å². The summed E-state index contributed by atoms with van der Waals surface area (Å²) in [7, 11) is 1.63. The highest BCUT2D eigenvalue weighted by Gasteiger charge is 2.03. The molecule has 0 atom stereocenters. The molecule has 0 bridgehead atoms. The number of pyridine rings is 1. The van der Waals surface area contributed by atoms with E-state index < -0.39 is 0 Å². The molecule has 0 aliphatic carbocycles. The lowest BCUT2D eigenvalue weighted by atomic mass is 10.2. The monoisotopic (exact) mass is 366 g/mol. The van der Waals surface area contributed by atoms with Gasteiger partial charge in [-0.25, -0.2) is 4.98 Å². The van der Waals surface area contributed by atoms with Gasteiger partial charge >= 0.3 is 0 Å². The molecule has 0 amide bonds. The molecule has 0 aliphatic heterocycles. The van der Waals surface area contributed by atoms with Gasteiger partial charge in [-0.2, -0.15) is 5.26 Å². The van der Waals surface area contributed by atoms with Gasteiger partial charge < -0.3 is 9.47 Å². The summed E-state index contributed by atoms with van der Waals surface area (Å²) in [5.41, 5.74) is 1.58. The summed E-state index contributed by atoms with van der Waals surface area (Å²) in [5, 5.41) is 8.82. The quantitative estimate of drug-likeness (QED) is 0.616. The van der Waals surface area contributed by atoms with Crippen molar-refractivity contribution in [3.63, 3.8) is 0 Å². The Morgan fingerprint density at radius 1 is 1.21 bits per heavy atom. The van der Waals surface area contributed by atoms with Gasteiger partial charge in [-0.1, -0.05) is 12.1 Å². The molecule has 96 valence electrons. The first-order valence-corrected chi connectivity index (χ1v) is 6.63. The third-order valence-corrected chi connectivity index (χ3v) is 3.31. The minimum absolute atomic E-state index is 0.430. The van der Waals surface area contributed by atoms with E-state index in [1.165, 1.54) is 0 Å². The second-order valence-electron chi connectivity index (χ2n) is 3.74. The highest BCUT2D eigenvalue weighted by molar-refractivity contribution is 14.1. The molecule has 0 N–H and O–H groups in total. The van der Waals surface area contributed by atoms with Crippen molar-refractivity contribution < 1.29 is 9.47 Å². The minimum Gasteiger partial charge on any atom is -0.497 e. The third-order valence-electron chi connectivity index (χ3n) is 2.49. The van der Waals surface area contributed by atoms with Gasteiger partial charge in [0.25, 0.3) is 0 Å². The third kappa shape index (κ3) is 3.58. The molecule has 1 heterocycles. The van der Waals surface area contributed by atoms with E-state index in [2.05, 4.69) is 11.1 Å². The molecule has 1 aromatic heterocycles. The number of nitrogens with zero attached hydrogens (tertiary/aromatic N) is 2. The first-order valence-electron chi connectivity index (χ1n) is 5.55. The summed E-state index contributed by atoms with van der Waals surface area (Å²) in [6.45, 7) is 0.430. The van der Waals surface area contributed by atoms with Crippen molar-refractivity contribution in [3.8, 4) is 17.7 Å². The Hall–Kier alpha value is -1.81. The fraction of sp³-hybridized carbons (Fsp3) is 0.143. The van der Waals surface area contributed by atoms with Crippen LogP contribution < -0.4 is 9.47 Å². The summed E-state index contributed by atoms with van der Waals surface area (Å²) in [4.78, 5) is 4.21. The maximum absolute atomic E-state index is 8.82. The van der Waals surface area contributed by atoms with Gasteiger partial charge in [0.15, 0.2) is 0 Å². The van der Waals surface area contributed by atoms with Gasteiger partial charge in [-0.05, 0) is 46.4 Å². The van der Waals surface area contributed by atoms with Crippen LogP contribution in [0.5, 0.6) is 11.6 Å². The van der Waals surface area contributed by atoms with Crippen LogP contribution in [0.4, 0.5) is 0 Å². The Balaban J connectivity index is 2.02. The highest BCUT2D eigenvalue weighted by Crippen LogP contribution is 2.17. The molecule has 5 heteroatoms. The predicted octanol–water partition coefficient (Wildman–Crippen LogP) is 3.15. The van der Waals surface area contributed by atoms with Crippen LogP contribution in [0.15, 0.2) is 36.4 Å². The topological polar surface area (TPSA) is 55.1 Å².